The first kappa shape index (κ1) is 53.3. The lowest BCUT2D eigenvalue weighted by atomic mass is 9.33. The number of hydrogen-bond donors (Lipinski definition) is 0. The van der Waals surface area contributed by atoms with Crippen LogP contribution in [0.15, 0.2) is 150 Å². The van der Waals surface area contributed by atoms with E-state index in [1.54, 1.807) is 0 Å². The second kappa shape index (κ2) is 17.5. The normalized spacial score (nSPS) is 17.4. The van der Waals surface area contributed by atoms with Crippen molar-refractivity contribution in [3.8, 4) is 0 Å². The van der Waals surface area contributed by atoms with Gasteiger partial charge in [0.25, 0.3) is 6.71 Å². The van der Waals surface area contributed by atoms with Crippen LogP contribution in [0.5, 0.6) is 0 Å². The molecule has 9 aromatic rings. The molecule has 0 spiro atoms. The SMILES string of the molecule is Cc1cc2c3c(c1)N(c1ccc4c(oc5ccccc54)c1C(C)(C)C)c1cc(N(c4ccc(C(C)(C)C)cc4)c4ccc(C(C)(C)C)cc4)ccc1B3c1cc3c(cc1N2c1ccc2c(c1)C(C)(C)CCC2(C)C)C(C)(C)CC3(C)C. The summed E-state index contributed by atoms with van der Waals surface area (Å²) in [5.41, 5.74) is 27.4. The first-order valence-electron chi connectivity index (χ1n) is 30.1. The van der Waals surface area contributed by atoms with E-state index >= 15 is 0 Å². The van der Waals surface area contributed by atoms with Gasteiger partial charge in [-0.25, -0.2) is 0 Å². The number of hydrogen-bond acceptors (Lipinski definition) is 4. The van der Waals surface area contributed by atoms with E-state index in [1.165, 1.54) is 95.8 Å². The third-order valence-corrected chi connectivity index (χ3v) is 19.5. The lowest BCUT2D eigenvalue weighted by Crippen LogP contribution is -2.61. The highest BCUT2D eigenvalue weighted by molar-refractivity contribution is 7.00. The van der Waals surface area contributed by atoms with Gasteiger partial charge in [-0.3, -0.25) is 0 Å². The molecule has 0 fully saturated rings. The summed E-state index contributed by atoms with van der Waals surface area (Å²) in [5, 5.41) is 2.29. The molecular weight excluding hydrogens is 982 g/mol. The fourth-order valence-corrected chi connectivity index (χ4v) is 15.3. The Balaban J connectivity index is 1.14. The Bertz CT molecular complexity index is 3990. The van der Waals surface area contributed by atoms with E-state index in [4.69, 9.17) is 4.42 Å². The summed E-state index contributed by atoms with van der Waals surface area (Å²) in [6.45, 7) is 42.9. The van der Waals surface area contributed by atoms with Gasteiger partial charge >= 0.3 is 0 Å². The van der Waals surface area contributed by atoms with Crippen molar-refractivity contribution in [3.63, 3.8) is 0 Å². The Morgan fingerprint density at radius 3 is 1.59 bits per heavy atom. The van der Waals surface area contributed by atoms with Gasteiger partial charge in [0, 0.05) is 61.8 Å². The van der Waals surface area contributed by atoms with Crippen LogP contribution in [0.3, 0.4) is 0 Å². The number of para-hydroxylation sites is 1. The molecule has 0 saturated heterocycles. The van der Waals surface area contributed by atoms with Crippen molar-refractivity contribution in [1.29, 1.82) is 0 Å². The summed E-state index contributed by atoms with van der Waals surface area (Å²) >= 11 is 0. The quantitative estimate of drug-likeness (QED) is 0.160. The molecule has 0 saturated carbocycles. The highest BCUT2D eigenvalue weighted by Crippen LogP contribution is 2.56. The predicted molar refractivity (Wildman–Crippen MR) is 349 cm³/mol. The van der Waals surface area contributed by atoms with E-state index in [-0.39, 0.29) is 44.6 Å². The van der Waals surface area contributed by atoms with Crippen molar-refractivity contribution in [2.75, 3.05) is 14.7 Å². The van der Waals surface area contributed by atoms with Gasteiger partial charge in [0.1, 0.15) is 11.2 Å². The third kappa shape index (κ3) is 8.35. The largest absolute Gasteiger partial charge is 0.456 e. The van der Waals surface area contributed by atoms with Crippen LogP contribution in [0, 0.1) is 6.92 Å². The molecule has 1 aromatic heterocycles. The smallest absolute Gasteiger partial charge is 0.252 e. The molecule has 13 rings (SSSR count). The number of rotatable bonds is 5. The second-order valence-corrected chi connectivity index (χ2v) is 30.6. The van der Waals surface area contributed by atoms with Crippen LogP contribution in [-0.2, 0) is 37.9 Å². The molecular formula is C76H84BN3O. The molecule has 4 aliphatic rings. The van der Waals surface area contributed by atoms with Gasteiger partial charge in [0.05, 0.1) is 5.69 Å². The summed E-state index contributed by atoms with van der Waals surface area (Å²) in [4.78, 5) is 7.82. The zero-order valence-corrected chi connectivity index (χ0v) is 51.8. The molecule has 5 heteroatoms. The standard InChI is InChI=1S/C76H84BN3O/c1-46-39-64-68-65(40-46)80(61-36-33-54-53-21-19-20-22-66(53)81-69(54)67(61)72(8,9)10)62-42-52(78(49-27-23-47(24-28-49)70(2,3)4)50-29-25-48(26-30-50)71(5,6)7)32-35-59(62)77(68)60-43-57-58(76(17,18)45-75(57,15)16)44-63(60)79(64)51-31-34-55-56(41-51)74(13,14)38-37-73(55,11)12/h19-36,39-44H,37-38,45H2,1-18H3. The van der Waals surface area contributed by atoms with Gasteiger partial charge in [0.15, 0.2) is 0 Å². The topological polar surface area (TPSA) is 22.9 Å². The van der Waals surface area contributed by atoms with Crippen LogP contribution >= 0.6 is 0 Å². The summed E-state index contributed by atoms with van der Waals surface area (Å²) < 4.78 is 7.10. The molecule has 0 atom stereocenters. The van der Waals surface area contributed by atoms with Crippen LogP contribution in [0.4, 0.5) is 51.2 Å². The monoisotopic (exact) mass is 1070 g/mol. The maximum absolute atomic E-state index is 7.10. The number of aryl methyl sites for hydroxylation is 1. The molecule has 412 valence electrons. The van der Waals surface area contributed by atoms with Crippen molar-refractivity contribution in [3.05, 3.63) is 190 Å². The summed E-state index contributed by atoms with van der Waals surface area (Å²) in [5.74, 6) is 0. The molecule has 4 nitrogen and oxygen atoms in total. The van der Waals surface area contributed by atoms with Crippen LogP contribution < -0.4 is 31.1 Å². The Kier molecular flexibility index (Phi) is 11.5. The number of benzene rings is 8. The maximum Gasteiger partial charge on any atom is 0.252 e. The van der Waals surface area contributed by atoms with Gasteiger partial charge in [0.2, 0.25) is 0 Å². The second-order valence-electron chi connectivity index (χ2n) is 30.6. The van der Waals surface area contributed by atoms with E-state index in [9.17, 15) is 0 Å². The van der Waals surface area contributed by atoms with Crippen molar-refractivity contribution in [1.82, 2.24) is 0 Å². The molecule has 2 aliphatic heterocycles. The lowest BCUT2D eigenvalue weighted by Gasteiger charge is -2.46. The summed E-state index contributed by atoms with van der Waals surface area (Å²) in [6.07, 6.45) is 3.44. The predicted octanol–water partition coefficient (Wildman–Crippen LogP) is 19.6. The molecule has 81 heavy (non-hydrogen) atoms. The third-order valence-electron chi connectivity index (χ3n) is 19.5. The van der Waals surface area contributed by atoms with Gasteiger partial charge in [-0.05, 0) is 204 Å². The van der Waals surface area contributed by atoms with E-state index in [0.717, 1.165) is 57.5 Å². The number of anilines is 9. The van der Waals surface area contributed by atoms with Gasteiger partial charge in [-0.2, -0.15) is 0 Å². The fraction of sp³-hybridized carbons (Fsp3) is 0.368. The Morgan fingerprint density at radius 2 is 0.988 bits per heavy atom. The van der Waals surface area contributed by atoms with E-state index in [2.05, 4.69) is 285 Å². The number of nitrogens with zero attached hydrogens (tertiary/aromatic N) is 3. The van der Waals surface area contributed by atoms with Crippen LogP contribution in [0.25, 0.3) is 21.9 Å². The Morgan fingerprint density at radius 1 is 0.444 bits per heavy atom. The summed E-state index contributed by atoms with van der Waals surface area (Å²) in [6, 6.07) is 57.1. The average molecular weight is 1070 g/mol. The molecule has 0 amide bonds. The molecule has 0 bridgehead atoms. The van der Waals surface area contributed by atoms with Crippen molar-refractivity contribution >= 4 is 96.2 Å². The molecule has 0 unspecified atom stereocenters. The average Bonchev–Trinajstić information content (AvgIpc) is 4.13. The molecule has 0 N–H and O–H groups in total. The molecule has 2 aliphatic carbocycles. The highest BCUT2D eigenvalue weighted by Gasteiger charge is 2.49. The first-order chi connectivity index (χ1) is 37.9. The Labute approximate surface area is 484 Å². The number of fused-ring (bicyclic) bond motifs is 9. The van der Waals surface area contributed by atoms with Gasteiger partial charge in [-0.1, -0.05) is 178 Å². The minimum absolute atomic E-state index is 0.000918. The van der Waals surface area contributed by atoms with E-state index in [0.29, 0.717) is 0 Å². The van der Waals surface area contributed by atoms with Gasteiger partial charge in [-0.15, -0.1) is 0 Å². The zero-order chi connectivity index (χ0) is 57.5. The molecule has 8 aromatic carbocycles. The fourth-order valence-electron chi connectivity index (χ4n) is 15.3. The van der Waals surface area contributed by atoms with Crippen molar-refractivity contribution < 1.29 is 4.42 Å². The zero-order valence-electron chi connectivity index (χ0n) is 51.8. The molecule has 3 heterocycles. The minimum Gasteiger partial charge on any atom is -0.456 e. The first-order valence-corrected chi connectivity index (χ1v) is 30.1. The number of furan rings is 1. The van der Waals surface area contributed by atoms with E-state index < -0.39 is 0 Å². The maximum atomic E-state index is 7.10. The van der Waals surface area contributed by atoms with Crippen LogP contribution in [0.2, 0.25) is 0 Å². The van der Waals surface area contributed by atoms with E-state index in [1.807, 2.05) is 0 Å². The Hall–Kier alpha value is -6.98. The summed E-state index contributed by atoms with van der Waals surface area (Å²) in [7, 11) is 0. The minimum atomic E-state index is -0.307. The van der Waals surface area contributed by atoms with Crippen molar-refractivity contribution in [2.45, 2.75) is 182 Å². The lowest BCUT2D eigenvalue weighted by molar-refractivity contribution is 0.332. The van der Waals surface area contributed by atoms with Crippen LogP contribution in [0.1, 0.15) is 181 Å². The van der Waals surface area contributed by atoms with Crippen molar-refractivity contribution in [2.24, 2.45) is 0 Å². The van der Waals surface area contributed by atoms with Gasteiger partial charge < -0.3 is 19.1 Å². The molecule has 0 radical (unpaired) electrons. The van der Waals surface area contributed by atoms with Crippen LogP contribution in [-0.4, -0.2) is 6.71 Å². The highest BCUT2D eigenvalue weighted by atomic mass is 16.3.